The summed E-state index contributed by atoms with van der Waals surface area (Å²) in [5, 5.41) is 7.88. The van der Waals surface area contributed by atoms with Crippen molar-refractivity contribution >= 4 is 0 Å². The summed E-state index contributed by atoms with van der Waals surface area (Å²) < 4.78 is 7.81. The van der Waals surface area contributed by atoms with Gasteiger partial charge >= 0.3 is 0 Å². The molecule has 1 rings (SSSR count). The van der Waals surface area contributed by atoms with Gasteiger partial charge in [0.05, 0.1) is 12.3 Å². The fourth-order valence-corrected chi connectivity index (χ4v) is 2.43. The summed E-state index contributed by atoms with van der Waals surface area (Å²) in [7, 11) is 1.96. The number of aryl methyl sites for hydroxylation is 1. The van der Waals surface area contributed by atoms with Gasteiger partial charge in [0, 0.05) is 25.9 Å². The normalized spacial score (nSPS) is 14.8. The van der Waals surface area contributed by atoms with Crippen LogP contribution in [0.5, 0.6) is 0 Å². The van der Waals surface area contributed by atoms with E-state index < -0.39 is 0 Å². The molecular weight excluding hydrogens is 238 g/mol. The summed E-state index contributed by atoms with van der Waals surface area (Å²) in [6.07, 6.45) is 6.39. The van der Waals surface area contributed by atoms with E-state index in [4.69, 9.17) is 4.74 Å². The highest BCUT2D eigenvalue weighted by Crippen LogP contribution is 2.15. The molecule has 0 fully saturated rings. The Hall–Kier alpha value is -0.870. The van der Waals surface area contributed by atoms with Crippen LogP contribution in [-0.2, 0) is 18.2 Å². The molecule has 4 heteroatoms. The predicted molar refractivity (Wildman–Crippen MR) is 79.2 cm³/mol. The third-order valence-corrected chi connectivity index (χ3v) is 3.28. The molecule has 0 aliphatic heterocycles. The molecule has 1 aromatic rings. The first kappa shape index (κ1) is 16.2. The molecule has 2 unspecified atom stereocenters. The van der Waals surface area contributed by atoms with E-state index in [1.54, 1.807) is 0 Å². The van der Waals surface area contributed by atoms with Crippen molar-refractivity contribution in [3.05, 3.63) is 18.0 Å². The fraction of sp³-hybridized carbons (Fsp3) is 0.800. The molecule has 4 nitrogen and oxygen atoms in total. The molecule has 1 aromatic heterocycles. The van der Waals surface area contributed by atoms with Crippen LogP contribution in [0.3, 0.4) is 0 Å². The monoisotopic (exact) mass is 267 g/mol. The Balaban J connectivity index is 2.73. The lowest BCUT2D eigenvalue weighted by molar-refractivity contribution is 0.00362. The lowest BCUT2D eigenvalue weighted by Crippen LogP contribution is -2.46. The van der Waals surface area contributed by atoms with E-state index in [0.717, 1.165) is 26.0 Å². The molecule has 0 amide bonds. The van der Waals surface area contributed by atoms with Crippen molar-refractivity contribution in [3.8, 4) is 0 Å². The van der Waals surface area contributed by atoms with Gasteiger partial charge in [0.15, 0.2) is 0 Å². The van der Waals surface area contributed by atoms with E-state index >= 15 is 0 Å². The zero-order valence-corrected chi connectivity index (χ0v) is 13.0. The quantitative estimate of drug-likeness (QED) is 0.746. The molecular formula is C15H29N3O. The van der Waals surface area contributed by atoms with E-state index in [1.165, 1.54) is 5.56 Å². The number of nitrogens with zero attached hydrogens (tertiary/aromatic N) is 2. The Bertz CT molecular complexity index is 349. The maximum atomic E-state index is 5.95. The third kappa shape index (κ3) is 5.33. The van der Waals surface area contributed by atoms with Crippen molar-refractivity contribution in [1.29, 1.82) is 0 Å². The second-order valence-corrected chi connectivity index (χ2v) is 5.45. The van der Waals surface area contributed by atoms with Gasteiger partial charge in [-0.05, 0) is 37.8 Å². The largest absolute Gasteiger partial charge is 0.377 e. The van der Waals surface area contributed by atoms with Gasteiger partial charge in [-0.15, -0.1) is 0 Å². The topological polar surface area (TPSA) is 39.1 Å². The highest BCUT2D eigenvalue weighted by Gasteiger charge is 2.25. The SMILES string of the molecule is CCCNC(Cc1cnn(C)c1)C(OCC)C(C)C. The van der Waals surface area contributed by atoms with Crippen LogP contribution in [0.25, 0.3) is 0 Å². The molecule has 0 saturated heterocycles. The zero-order chi connectivity index (χ0) is 14.3. The first-order valence-electron chi connectivity index (χ1n) is 7.40. The summed E-state index contributed by atoms with van der Waals surface area (Å²) in [6, 6.07) is 0.351. The smallest absolute Gasteiger partial charge is 0.0753 e. The summed E-state index contributed by atoms with van der Waals surface area (Å²) >= 11 is 0. The van der Waals surface area contributed by atoms with Crippen LogP contribution in [0.2, 0.25) is 0 Å². The maximum Gasteiger partial charge on any atom is 0.0753 e. The number of ether oxygens (including phenoxy) is 1. The summed E-state index contributed by atoms with van der Waals surface area (Å²) in [5.41, 5.74) is 1.27. The zero-order valence-electron chi connectivity index (χ0n) is 13.0. The first-order valence-corrected chi connectivity index (χ1v) is 7.40. The Morgan fingerprint density at radius 2 is 2.11 bits per heavy atom. The van der Waals surface area contributed by atoms with Crippen LogP contribution in [0.1, 0.15) is 39.7 Å². The van der Waals surface area contributed by atoms with Crippen molar-refractivity contribution in [2.24, 2.45) is 13.0 Å². The number of nitrogens with one attached hydrogen (secondary N) is 1. The molecule has 2 atom stereocenters. The Morgan fingerprint density at radius 3 is 2.58 bits per heavy atom. The summed E-state index contributed by atoms with van der Waals surface area (Å²) in [5.74, 6) is 0.506. The minimum atomic E-state index is 0.247. The van der Waals surface area contributed by atoms with Crippen molar-refractivity contribution in [2.45, 2.75) is 52.7 Å². The van der Waals surface area contributed by atoms with Crippen molar-refractivity contribution < 1.29 is 4.74 Å². The van der Waals surface area contributed by atoms with Gasteiger partial charge < -0.3 is 10.1 Å². The van der Waals surface area contributed by atoms with Gasteiger partial charge in [-0.2, -0.15) is 5.10 Å². The first-order chi connectivity index (χ1) is 9.08. The van der Waals surface area contributed by atoms with Gasteiger partial charge in [-0.1, -0.05) is 20.8 Å². The standard InChI is InChI=1S/C15H29N3O/c1-6-8-16-14(15(12(3)4)19-7-2)9-13-10-17-18(5)11-13/h10-12,14-16H,6-9H2,1-5H3. The number of hydrogen-bond acceptors (Lipinski definition) is 3. The molecule has 0 aliphatic carbocycles. The van der Waals surface area contributed by atoms with Gasteiger partial charge in [-0.3, -0.25) is 4.68 Å². The average molecular weight is 267 g/mol. The predicted octanol–water partition coefficient (Wildman–Crippen LogP) is 2.39. The summed E-state index contributed by atoms with van der Waals surface area (Å²) in [4.78, 5) is 0. The molecule has 0 bridgehead atoms. The van der Waals surface area contributed by atoms with E-state index in [0.29, 0.717) is 12.0 Å². The third-order valence-electron chi connectivity index (χ3n) is 3.28. The second-order valence-electron chi connectivity index (χ2n) is 5.45. The second kappa shape index (κ2) is 8.33. The lowest BCUT2D eigenvalue weighted by Gasteiger charge is -2.30. The number of aromatic nitrogens is 2. The van der Waals surface area contributed by atoms with Crippen LogP contribution >= 0.6 is 0 Å². The van der Waals surface area contributed by atoms with Gasteiger partial charge in [0.1, 0.15) is 0 Å². The minimum absolute atomic E-state index is 0.247. The molecule has 0 radical (unpaired) electrons. The Kier molecular flexibility index (Phi) is 7.10. The van der Waals surface area contributed by atoms with Gasteiger partial charge in [-0.25, -0.2) is 0 Å². The molecule has 0 spiro atoms. The van der Waals surface area contributed by atoms with Crippen LogP contribution < -0.4 is 5.32 Å². The Labute approximate surface area is 117 Å². The Morgan fingerprint density at radius 1 is 1.37 bits per heavy atom. The molecule has 1 heterocycles. The molecule has 0 aliphatic rings. The molecule has 1 N–H and O–H groups in total. The fourth-order valence-electron chi connectivity index (χ4n) is 2.43. The van der Waals surface area contributed by atoms with E-state index in [1.807, 2.05) is 17.9 Å². The van der Waals surface area contributed by atoms with Crippen LogP contribution in [0.15, 0.2) is 12.4 Å². The van der Waals surface area contributed by atoms with Gasteiger partial charge in [0.25, 0.3) is 0 Å². The van der Waals surface area contributed by atoms with Crippen LogP contribution in [0, 0.1) is 5.92 Å². The summed E-state index contributed by atoms with van der Waals surface area (Å²) in [6.45, 7) is 10.5. The van der Waals surface area contributed by atoms with Crippen molar-refractivity contribution in [3.63, 3.8) is 0 Å². The van der Waals surface area contributed by atoms with Crippen molar-refractivity contribution in [1.82, 2.24) is 15.1 Å². The maximum absolute atomic E-state index is 5.95. The van der Waals surface area contributed by atoms with Crippen molar-refractivity contribution in [2.75, 3.05) is 13.2 Å². The van der Waals surface area contributed by atoms with Crippen LogP contribution in [-0.4, -0.2) is 35.1 Å². The average Bonchev–Trinajstić information content (AvgIpc) is 2.77. The van der Waals surface area contributed by atoms with E-state index in [-0.39, 0.29) is 6.10 Å². The van der Waals surface area contributed by atoms with E-state index in [9.17, 15) is 0 Å². The number of hydrogen-bond donors (Lipinski definition) is 1. The minimum Gasteiger partial charge on any atom is -0.377 e. The highest BCUT2D eigenvalue weighted by atomic mass is 16.5. The van der Waals surface area contributed by atoms with Gasteiger partial charge in [0.2, 0.25) is 0 Å². The lowest BCUT2D eigenvalue weighted by atomic mass is 9.94. The molecule has 19 heavy (non-hydrogen) atoms. The highest BCUT2D eigenvalue weighted by molar-refractivity contribution is 5.07. The molecule has 110 valence electrons. The van der Waals surface area contributed by atoms with Crippen LogP contribution in [0.4, 0.5) is 0 Å². The molecule has 0 aromatic carbocycles. The number of rotatable bonds is 9. The van der Waals surface area contributed by atoms with E-state index in [2.05, 4.69) is 44.3 Å². The molecule has 0 saturated carbocycles.